The van der Waals surface area contributed by atoms with E-state index in [4.69, 9.17) is 15.2 Å². The van der Waals surface area contributed by atoms with Crippen molar-refractivity contribution in [3.63, 3.8) is 0 Å². The van der Waals surface area contributed by atoms with Crippen molar-refractivity contribution >= 4 is 11.6 Å². The highest BCUT2D eigenvalue weighted by Gasteiger charge is 2.26. The van der Waals surface area contributed by atoms with Crippen LogP contribution in [0.4, 0.5) is 11.6 Å². The highest BCUT2D eigenvalue weighted by molar-refractivity contribution is 5.63. The third-order valence-electron chi connectivity index (χ3n) is 3.00. The van der Waals surface area contributed by atoms with E-state index in [-0.39, 0.29) is 0 Å². The third-order valence-corrected chi connectivity index (χ3v) is 3.00. The van der Waals surface area contributed by atoms with Crippen LogP contribution in [-0.2, 0) is 4.74 Å². The van der Waals surface area contributed by atoms with Crippen LogP contribution in [0.3, 0.4) is 0 Å². The fraction of sp³-hybridized carbons (Fsp3) is 0.636. The summed E-state index contributed by atoms with van der Waals surface area (Å²) in [5.41, 5.74) is 5.77. The van der Waals surface area contributed by atoms with Gasteiger partial charge in [0.2, 0.25) is 5.75 Å². The molecule has 1 aliphatic rings. The highest BCUT2D eigenvalue weighted by atomic mass is 16.5. The van der Waals surface area contributed by atoms with Crippen LogP contribution in [0.25, 0.3) is 0 Å². The Kier molecular flexibility index (Phi) is 3.63. The number of rotatable bonds is 4. The van der Waals surface area contributed by atoms with Crippen LogP contribution >= 0.6 is 0 Å². The lowest BCUT2D eigenvalue weighted by molar-refractivity contribution is 0.161. The van der Waals surface area contributed by atoms with Crippen LogP contribution in [0.5, 0.6) is 5.75 Å². The minimum atomic E-state index is 0.382. The maximum absolute atomic E-state index is 5.77. The summed E-state index contributed by atoms with van der Waals surface area (Å²) < 4.78 is 10.4. The lowest BCUT2D eigenvalue weighted by atomic mass is 10.1. The van der Waals surface area contributed by atoms with E-state index in [2.05, 4.69) is 14.9 Å². The molecule has 1 aliphatic heterocycles. The molecule has 1 fully saturated rings. The summed E-state index contributed by atoms with van der Waals surface area (Å²) >= 11 is 0. The molecule has 6 nitrogen and oxygen atoms in total. The van der Waals surface area contributed by atoms with Crippen LogP contribution in [0, 0.1) is 5.92 Å². The molecule has 1 aromatic rings. The smallest absolute Gasteiger partial charge is 0.204 e. The van der Waals surface area contributed by atoms with Gasteiger partial charge >= 0.3 is 0 Å². The van der Waals surface area contributed by atoms with Crippen molar-refractivity contribution < 1.29 is 9.47 Å². The Morgan fingerprint density at radius 1 is 1.47 bits per heavy atom. The quantitative estimate of drug-likeness (QED) is 0.825. The van der Waals surface area contributed by atoms with Gasteiger partial charge in [0, 0.05) is 26.1 Å². The molecule has 2 rings (SSSR count). The lowest BCUT2D eigenvalue weighted by Crippen LogP contribution is -2.23. The third kappa shape index (κ3) is 2.41. The van der Waals surface area contributed by atoms with E-state index in [1.807, 2.05) is 0 Å². The first-order valence-corrected chi connectivity index (χ1v) is 5.64. The number of nitrogens with two attached hydrogens (primary N) is 1. The van der Waals surface area contributed by atoms with Crippen LogP contribution in [0.2, 0.25) is 0 Å². The summed E-state index contributed by atoms with van der Waals surface area (Å²) in [6, 6.07) is 0. The zero-order valence-electron chi connectivity index (χ0n) is 10.2. The average Bonchev–Trinajstić information content (AvgIpc) is 2.78. The molecule has 1 atom stereocenters. The van der Waals surface area contributed by atoms with E-state index in [9.17, 15) is 0 Å². The topological polar surface area (TPSA) is 73.5 Å². The van der Waals surface area contributed by atoms with Gasteiger partial charge in [-0.25, -0.2) is 9.97 Å². The molecule has 0 bridgehead atoms. The summed E-state index contributed by atoms with van der Waals surface area (Å²) in [4.78, 5) is 10.4. The number of hydrogen-bond acceptors (Lipinski definition) is 6. The van der Waals surface area contributed by atoms with Gasteiger partial charge in [-0.05, 0) is 6.42 Å². The second-order valence-corrected chi connectivity index (χ2v) is 4.17. The zero-order valence-corrected chi connectivity index (χ0v) is 10.2. The number of methoxy groups -OCH3 is 2. The molecule has 2 N–H and O–H groups in total. The van der Waals surface area contributed by atoms with Crippen molar-refractivity contribution in [2.45, 2.75) is 6.42 Å². The first-order valence-electron chi connectivity index (χ1n) is 5.64. The molecule has 0 saturated carbocycles. The van der Waals surface area contributed by atoms with E-state index in [1.165, 1.54) is 6.33 Å². The first kappa shape index (κ1) is 11.9. The predicted molar refractivity (Wildman–Crippen MR) is 65.2 cm³/mol. The van der Waals surface area contributed by atoms with Gasteiger partial charge in [0.1, 0.15) is 6.33 Å². The lowest BCUT2D eigenvalue weighted by Gasteiger charge is -2.20. The van der Waals surface area contributed by atoms with Gasteiger partial charge in [-0.2, -0.15) is 0 Å². The molecule has 1 saturated heterocycles. The van der Waals surface area contributed by atoms with Gasteiger partial charge in [0.25, 0.3) is 0 Å². The molecule has 2 heterocycles. The van der Waals surface area contributed by atoms with E-state index < -0.39 is 0 Å². The second-order valence-electron chi connectivity index (χ2n) is 4.17. The van der Waals surface area contributed by atoms with Gasteiger partial charge in [-0.15, -0.1) is 0 Å². The zero-order chi connectivity index (χ0) is 12.3. The molecular weight excluding hydrogens is 220 g/mol. The van der Waals surface area contributed by atoms with Crippen LogP contribution in [0.15, 0.2) is 6.33 Å². The van der Waals surface area contributed by atoms with Crippen molar-refractivity contribution in [3.05, 3.63) is 6.33 Å². The minimum absolute atomic E-state index is 0.382. The number of aromatic nitrogens is 2. The van der Waals surface area contributed by atoms with E-state index >= 15 is 0 Å². The molecule has 0 aromatic carbocycles. The van der Waals surface area contributed by atoms with Gasteiger partial charge in [-0.3, -0.25) is 0 Å². The van der Waals surface area contributed by atoms with Crippen molar-refractivity contribution in [1.29, 1.82) is 0 Å². The van der Waals surface area contributed by atoms with Crippen LogP contribution in [-0.4, -0.2) is 43.9 Å². The maximum atomic E-state index is 5.77. The molecule has 94 valence electrons. The van der Waals surface area contributed by atoms with Gasteiger partial charge < -0.3 is 20.1 Å². The van der Waals surface area contributed by atoms with Crippen molar-refractivity contribution in [3.8, 4) is 5.75 Å². The predicted octanol–water partition coefficient (Wildman–Crippen LogP) is 0.540. The molecule has 6 heteroatoms. The Labute approximate surface area is 101 Å². The number of nitrogen functional groups attached to an aromatic ring is 1. The second kappa shape index (κ2) is 5.18. The number of hydrogen-bond donors (Lipinski definition) is 1. The van der Waals surface area contributed by atoms with Crippen molar-refractivity contribution in [2.24, 2.45) is 5.92 Å². The SMILES string of the molecule is COCC1CCN(c2ncnc(N)c2OC)C1. The van der Waals surface area contributed by atoms with Crippen LogP contribution < -0.4 is 15.4 Å². The standard InChI is InChI=1S/C11H18N4O2/c1-16-6-8-3-4-15(5-8)11-9(17-2)10(12)13-7-14-11/h7-8H,3-6H2,1-2H3,(H2,12,13,14). The van der Waals surface area contributed by atoms with Gasteiger partial charge in [0.05, 0.1) is 13.7 Å². The molecule has 1 aromatic heterocycles. The van der Waals surface area contributed by atoms with E-state index in [0.717, 1.165) is 31.9 Å². The number of nitrogens with zero attached hydrogens (tertiary/aromatic N) is 3. The van der Waals surface area contributed by atoms with E-state index in [1.54, 1.807) is 14.2 Å². The Morgan fingerprint density at radius 3 is 3.00 bits per heavy atom. The number of anilines is 2. The summed E-state index contributed by atoms with van der Waals surface area (Å²) in [5.74, 6) is 2.26. The van der Waals surface area contributed by atoms with E-state index in [0.29, 0.717) is 17.5 Å². The first-order chi connectivity index (χ1) is 8.26. The molecule has 1 unspecified atom stereocenters. The molecule has 0 aliphatic carbocycles. The maximum Gasteiger partial charge on any atom is 0.204 e. The fourth-order valence-corrected chi connectivity index (χ4v) is 2.20. The number of ether oxygens (including phenoxy) is 2. The molecule has 0 amide bonds. The summed E-state index contributed by atoms with van der Waals surface area (Å²) in [5, 5.41) is 0. The average molecular weight is 238 g/mol. The van der Waals surface area contributed by atoms with Crippen molar-refractivity contribution in [1.82, 2.24) is 9.97 Å². The summed E-state index contributed by atoms with van der Waals surface area (Å²) in [6.07, 6.45) is 2.57. The Bertz CT molecular complexity index is 386. The molecule has 17 heavy (non-hydrogen) atoms. The monoisotopic (exact) mass is 238 g/mol. The molecule has 0 radical (unpaired) electrons. The normalized spacial score (nSPS) is 19.6. The summed E-state index contributed by atoms with van der Waals surface area (Å²) in [7, 11) is 3.31. The highest BCUT2D eigenvalue weighted by Crippen LogP contribution is 2.33. The Hall–Kier alpha value is -1.56. The van der Waals surface area contributed by atoms with Gasteiger partial charge in [0.15, 0.2) is 11.6 Å². The minimum Gasteiger partial charge on any atom is -0.490 e. The largest absolute Gasteiger partial charge is 0.490 e. The Balaban J connectivity index is 2.15. The van der Waals surface area contributed by atoms with Crippen molar-refractivity contribution in [2.75, 3.05) is 44.5 Å². The molecule has 0 spiro atoms. The van der Waals surface area contributed by atoms with Gasteiger partial charge in [-0.1, -0.05) is 0 Å². The fourth-order valence-electron chi connectivity index (χ4n) is 2.20. The molecular formula is C11H18N4O2. The van der Waals surface area contributed by atoms with Crippen LogP contribution in [0.1, 0.15) is 6.42 Å². The Morgan fingerprint density at radius 2 is 2.29 bits per heavy atom. The summed E-state index contributed by atoms with van der Waals surface area (Å²) in [6.45, 7) is 2.64.